The van der Waals surface area contributed by atoms with Gasteiger partial charge in [-0.05, 0) is 18.2 Å². The van der Waals surface area contributed by atoms with Crippen LogP contribution in [0.15, 0.2) is 36.9 Å². The molecule has 1 heterocycles. The zero-order valence-corrected chi connectivity index (χ0v) is 7.31. The first-order valence-corrected chi connectivity index (χ1v) is 4.03. The topological polar surface area (TPSA) is 42.7 Å². The zero-order chi connectivity index (χ0) is 9.10. The maximum absolute atomic E-state index is 3.75. The predicted molar refractivity (Wildman–Crippen MR) is 50.9 cm³/mol. The van der Waals surface area contributed by atoms with E-state index in [-0.39, 0.29) is 0 Å². The Kier molecular flexibility index (Phi) is 1.96. The molecule has 13 heavy (non-hydrogen) atoms. The second-order valence-corrected chi connectivity index (χ2v) is 2.67. The third-order valence-corrected chi connectivity index (χ3v) is 1.85. The maximum Gasteiger partial charge on any atom is 0.123 e. The lowest BCUT2D eigenvalue weighted by molar-refractivity contribution is 1.06. The Morgan fingerprint density at radius 1 is 1.23 bits per heavy atom. The largest absolute Gasteiger partial charge is 0.388 e. The predicted octanol–water partition coefficient (Wildman–Crippen LogP) is 1.31. The molecule has 0 spiro atoms. The smallest absolute Gasteiger partial charge is 0.123 e. The van der Waals surface area contributed by atoms with E-state index in [1.807, 2.05) is 35.9 Å². The summed E-state index contributed by atoms with van der Waals surface area (Å²) >= 11 is 0. The van der Waals surface area contributed by atoms with Crippen molar-refractivity contribution in [1.29, 1.82) is 0 Å². The van der Waals surface area contributed by atoms with Crippen LogP contribution in [-0.4, -0.2) is 21.8 Å². The van der Waals surface area contributed by atoms with Gasteiger partial charge in [0, 0.05) is 12.7 Å². The van der Waals surface area contributed by atoms with Gasteiger partial charge in [0.2, 0.25) is 0 Å². The number of rotatable bonds is 2. The lowest BCUT2D eigenvalue weighted by Crippen LogP contribution is -1.92. The molecule has 0 unspecified atom stereocenters. The lowest BCUT2D eigenvalue weighted by Gasteiger charge is -2.03. The standard InChI is InChI=1S/C9H10N4/c1-10-8-3-2-4-9(5-8)13-6-11-12-7-13/h2-7,10H,1H3. The van der Waals surface area contributed by atoms with E-state index in [4.69, 9.17) is 0 Å². The van der Waals surface area contributed by atoms with Crippen LogP contribution in [0, 0.1) is 0 Å². The molecule has 0 saturated carbocycles. The van der Waals surface area contributed by atoms with E-state index in [1.165, 1.54) is 0 Å². The molecule has 2 aromatic rings. The van der Waals surface area contributed by atoms with Crippen LogP contribution in [-0.2, 0) is 0 Å². The van der Waals surface area contributed by atoms with Gasteiger partial charge in [-0.3, -0.25) is 4.57 Å². The quantitative estimate of drug-likeness (QED) is 0.746. The molecule has 2 rings (SSSR count). The van der Waals surface area contributed by atoms with E-state index in [0.29, 0.717) is 0 Å². The first-order chi connectivity index (χ1) is 6.40. The van der Waals surface area contributed by atoms with Gasteiger partial charge in [0.05, 0.1) is 5.69 Å². The molecule has 0 aliphatic carbocycles. The fourth-order valence-electron chi connectivity index (χ4n) is 1.16. The van der Waals surface area contributed by atoms with Crippen LogP contribution < -0.4 is 5.32 Å². The van der Waals surface area contributed by atoms with Crippen molar-refractivity contribution in [2.24, 2.45) is 0 Å². The van der Waals surface area contributed by atoms with Gasteiger partial charge in [-0.25, -0.2) is 0 Å². The number of nitrogens with one attached hydrogen (secondary N) is 1. The minimum absolute atomic E-state index is 1.05. The van der Waals surface area contributed by atoms with Crippen molar-refractivity contribution in [2.75, 3.05) is 12.4 Å². The average Bonchev–Trinajstić information content (AvgIpc) is 2.71. The Bertz CT molecular complexity index is 380. The lowest BCUT2D eigenvalue weighted by atomic mass is 10.3. The number of benzene rings is 1. The summed E-state index contributed by atoms with van der Waals surface area (Å²) in [7, 11) is 1.89. The summed E-state index contributed by atoms with van der Waals surface area (Å²) in [6, 6.07) is 8.03. The number of nitrogens with zero attached hydrogens (tertiary/aromatic N) is 3. The van der Waals surface area contributed by atoms with Crippen molar-refractivity contribution in [1.82, 2.24) is 14.8 Å². The summed E-state index contributed by atoms with van der Waals surface area (Å²) in [6.07, 6.45) is 3.35. The van der Waals surface area contributed by atoms with Crippen LogP contribution in [0.4, 0.5) is 5.69 Å². The Labute approximate surface area is 76.2 Å². The molecule has 4 heteroatoms. The molecule has 0 saturated heterocycles. The highest BCUT2D eigenvalue weighted by atomic mass is 15.2. The molecule has 66 valence electrons. The molecule has 1 aromatic heterocycles. The number of aromatic nitrogens is 3. The third-order valence-electron chi connectivity index (χ3n) is 1.85. The Morgan fingerprint density at radius 2 is 2.00 bits per heavy atom. The van der Waals surface area contributed by atoms with Gasteiger partial charge < -0.3 is 5.32 Å². The summed E-state index contributed by atoms with van der Waals surface area (Å²) in [5.41, 5.74) is 2.13. The second-order valence-electron chi connectivity index (χ2n) is 2.67. The van der Waals surface area contributed by atoms with Crippen LogP contribution in [0.1, 0.15) is 0 Å². The summed E-state index contributed by atoms with van der Waals surface area (Å²) < 4.78 is 1.86. The molecule has 0 aliphatic heterocycles. The molecular formula is C9H10N4. The normalized spacial score (nSPS) is 9.92. The summed E-state index contributed by atoms with van der Waals surface area (Å²) in [4.78, 5) is 0. The number of hydrogen-bond donors (Lipinski definition) is 1. The summed E-state index contributed by atoms with van der Waals surface area (Å²) in [6.45, 7) is 0. The van der Waals surface area contributed by atoms with Crippen molar-refractivity contribution in [3.05, 3.63) is 36.9 Å². The van der Waals surface area contributed by atoms with Gasteiger partial charge in [-0.15, -0.1) is 10.2 Å². The molecule has 0 atom stereocenters. The van der Waals surface area contributed by atoms with Crippen LogP contribution >= 0.6 is 0 Å². The SMILES string of the molecule is CNc1cccc(-n2cnnc2)c1. The van der Waals surface area contributed by atoms with Crippen molar-refractivity contribution < 1.29 is 0 Å². The van der Waals surface area contributed by atoms with E-state index in [0.717, 1.165) is 11.4 Å². The monoisotopic (exact) mass is 174 g/mol. The molecule has 4 nitrogen and oxygen atoms in total. The average molecular weight is 174 g/mol. The highest BCUT2D eigenvalue weighted by molar-refractivity contribution is 5.50. The van der Waals surface area contributed by atoms with Gasteiger partial charge in [0.25, 0.3) is 0 Å². The summed E-state index contributed by atoms with van der Waals surface area (Å²) in [5, 5.41) is 10.6. The third kappa shape index (κ3) is 1.51. The minimum Gasteiger partial charge on any atom is -0.388 e. The Balaban J connectivity index is 2.41. The highest BCUT2D eigenvalue weighted by Gasteiger charge is 1.95. The summed E-state index contributed by atoms with van der Waals surface area (Å²) in [5.74, 6) is 0. The first kappa shape index (κ1) is 7.79. The Morgan fingerprint density at radius 3 is 2.69 bits per heavy atom. The fraction of sp³-hybridized carbons (Fsp3) is 0.111. The van der Waals surface area contributed by atoms with Crippen molar-refractivity contribution in [3.8, 4) is 5.69 Å². The van der Waals surface area contributed by atoms with Gasteiger partial charge in [-0.1, -0.05) is 6.07 Å². The van der Waals surface area contributed by atoms with Gasteiger partial charge in [0.1, 0.15) is 12.7 Å². The van der Waals surface area contributed by atoms with Crippen molar-refractivity contribution in [2.45, 2.75) is 0 Å². The molecule has 0 radical (unpaired) electrons. The van der Waals surface area contributed by atoms with E-state index in [1.54, 1.807) is 12.7 Å². The van der Waals surface area contributed by atoms with E-state index in [9.17, 15) is 0 Å². The van der Waals surface area contributed by atoms with Gasteiger partial charge >= 0.3 is 0 Å². The molecule has 0 bridgehead atoms. The molecule has 0 amide bonds. The Hall–Kier alpha value is -1.84. The van der Waals surface area contributed by atoms with Crippen molar-refractivity contribution in [3.63, 3.8) is 0 Å². The van der Waals surface area contributed by atoms with Crippen molar-refractivity contribution >= 4 is 5.69 Å². The van der Waals surface area contributed by atoms with Crippen LogP contribution in [0.3, 0.4) is 0 Å². The zero-order valence-electron chi connectivity index (χ0n) is 7.31. The second kappa shape index (κ2) is 3.26. The molecule has 1 aromatic carbocycles. The highest BCUT2D eigenvalue weighted by Crippen LogP contribution is 2.12. The minimum atomic E-state index is 1.05. The molecule has 1 N–H and O–H groups in total. The van der Waals surface area contributed by atoms with Gasteiger partial charge in [-0.2, -0.15) is 0 Å². The number of anilines is 1. The van der Waals surface area contributed by atoms with Crippen LogP contribution in [0.5, 0.6) is 0 Å². The van der Waals surface area contributed by atoms with Crippen LogP contribution in [0.25, 0.3) is 5.69 Å². The first-order valence-electron chi connectivity index (χ1n) is 4.03. The van der Waals surface area contributed by atoms with Gasteiger partial charge in [0.15, 0.2) is 0 Å². The molecular weight excluding hydrogens is 164 g/mol. The number of hydrogen-bond acceptors (Lipinski definition) is 3. The van der Waals surface area contributed by atoms with E-state index >= 15 is 0 Å². The van der Waals surface area contributed by atoms with E-state index < -0.39 is 0 Å². The maximum atomic E-state index is 3.75. The van der Waals surface area contributed by atoms with Crippen LogP contribution in [0.2, 0.25) is 0 Å². The van der Waals surface area contributed by atoms with E-state index in [2.05, 4.69) is 15.5 Å². The molecule has 0 fully saturated rings. The fourth-order valence-corrected chi connectivity index (χ4v) is 1.16. The molecule has 0 aliphatic rings.